The minimum atomic E-state index is 0.174. The van der Waals surface area contributed by atoms with Crippen LogP contribution in [0.15, 0.2) is 36.8 Å². The molecule has 4 heteroatoms. The molecule has 106 valence electrons. The van der Waals surface area contributed by atoms with Crippen LogP contribution in [0.2, 0.25) is 0 Å². The van der Waals surface area contributed by atoms with Crippen LogP contribution >= 0.6 is 0 Å². The van der Waals surface area contributed by atoms with Crippen LogP contribution in [0.3, 0.4) is 0 Å². The summed E-state index contributed by atoms with van der Waals surface area (Å²) < 4.78 is 1.98. The minimum absolute atomic E-state index is 0.174. The highest BCUT2D eigenvalue weighted by Crippen LogP contribution is 2.14. The molecule has 0 aliphatic carbocycles. The normalized spacial score (nSPS) is 10.9. The van der Waals surface area contributed by atoms with E-state index in [0.717, 1.165) is 24.1 Å². The second-order valence-corrected chi connectivity index (χ2v) is 5.01. The highest BCUT2D eigenvalue weighted by Gasteiger charge is 2.11. The van der Waals surface area contributed by atoms with Crippen molar-refractivity contribution in [3.8, 4) is 0 Å². The number of carbonyl (C=O) groups is 1. The Morgan fingerprint density at radius 2 is 2.05 bits per heavy atom. The average Bonchev–Trinajstić information content (AvgIpc) is 2.89. The maximum atomic E-state index is 12.0. The Kier molecular flexibility index (Phi) is 5.04. The highest BCUT2D eigenvalue weighted by atomic mass is 16.1. The van der Waals surface area contributed by atoms with Crippen LogP contribution < -0.4 is 0 Å². The van der Waals surface area contributed by atoms with Crippen molar-refractivity contribution in [2.75, 3.05) is 0 Å². The van der Waals surface area contributed by atoms with E-state index < -0.39 is 0 Å². The fraction of sp³-hybridized carbons (Fsp3) is 0.438. The second-order valence-electron chi connectivity index (χ2n) is 5.01. The minimum Gasteiger partial charge on any atom is -0.299 e. The van der Waals surface area contributed by atoms with Crippen LogP contribution in [0, 0.1) is 0 Å². The average molecular weight is 271 g/mol. The van der Waals surface area contributed by atoms with Gasteiger partial charge in [0.15, 0.2) is 0 Å². The van der Waals surface area contributed by atoms with Crippen LogP contribution in [0.25, 0.3) is 0 Å². The summed E-state index contributed by atoms with van der Waals surface area (Å²) in [5.74, 6) is 0.174. The predicted molar refractivity (Wildman–Crippen MR) is 78.5 cm³/mol. The first-order valence-electron chi connectivity index (χ1n) is 7.17. The van der Waals surface area contributed by atoms with Gasteiger partial charge in [-0.3, -0.25) is 14.5 Å². The van der Waals surface area contributed by atoms with E-state index in [1.165, 1.54) is 0 Å². The molecule has 0 aliphatic rings. The lowest BCUT2D eigenvalue weighted by molar-refractivity contribution is -0.117. The number of carbonyl (C=O) groups excluding carboxylic acids is 1. The third kappa shape index (κ3) is 3.76. The Labute approximate surface area is 119 Å². The maximum absolute atomic E-state index is 12.0. The standard InChI is InChI=1S/C16H21N3O/c1-3-15(4-2)19-9-7-14(18-19)11-16(20)10-13-6-5-8-17-12-13/h5-9,12,15H,3-4,10-11H2,1-2H3. The van der Waals surface area contributed by atoms with Crippen molar-refractivity contribution >= 4 is 5.78 Å². The first-order valence-corrected chi connectivity index (χ1v) is 7.17. The van der Waals surface area contributed by atoms with Gasteiger partial charge in [-0.15, -0.1) is 0 Å². The Bertz CT molecular complexity index is 544. The molecule has 2 aromatic heterocycles. The molecule has 0 saturated carbocycles. The van der Waals surface area contributed by atoms with E-state index in [1.807, 2.05) is 29.1 Å². The molecule has 2 aromatic rings. The number of hydrogen-bond donors (Lipinski definition) is 0. The third-order valence-electron chi connectivity index (χ3n) is 3.48. The number of hydrogen-bond acceptors (Lipinski definition) is 3. The third-order valence-corrected chi connectivity index (χ3v) is 3.48. The van der Waals surface area contributed by atoms with Crippen LogP contribution in [0.1, 0.15) is 44.0 Å². The zero-order valence-corrected chi connectivity index (χ0v) is 12.1. The summed E-state index contributed by atoms with van der Waals surface area (Å²) in [7, 11) is 0. The molecule has 0 atom stereocenters. The van der Waals surface area contributed by atoms with Gasteiger partial charge < -0.3 is 0 Å². The van der Waals surface area contributed by atoms with E-state index in [4.69, 9.17) is 0 Å². The number of aromatic nitrogens is 3. The molecule has 2 heterocycles. The van der Waals surface area contributed by atoms with E-state index >= 15 is 0 Å². The van der Waals surface area contributed by atoms with E-state index in [2.05, 4.69) is 23.9 Å². The summed E-state index contributed by atoms with van der Waals surface area (Å²) in [5, 5.41) is 4.51. The van der Waals surface area contributed by atoms with Gasteiger partial charge in [-0.1, -0.05) is 19.9 Å². The van der Waals surface area contributed by atoms with E-state index in [0.29, 0.717) is 18.9 Å². The van der Waals surface area contributed by atoms with Gasteiger partial charge in [0.1, 0.15) is 5.78 Å². The van der Waals surface area contributed by atoms with Gasteiger partial charge in [0.05, 0.1) is 18.2 Å². The van der Waals surface area contributed by atoms with Crippen LogP contribution in [0.4, 0.5) is 0 Å². The van der Waals surface area contributed by atoms with Crippen LogP contribution in [-0.4, -0.2) is 20.5 Å². The molecule has 0 unspecified atom stereocenters. The summed E-state index contributed by atoms with van der Waals surface area (Å²) >= 11 is 0. The molecule has 0 radical (unpaired) electrons. The number of pyridine rings is 1. The molecule has 4 nitrogen and oxygen atoms in total. The van der Waals surface area contributed by atoms with E-state index in [1.54, 1.807) is 12.4 Å². The van der Waals surface area contributed by atoms with Gasteiger partial charge >= 0.3 is 0 Å². The number of ketones is 1. The lowest BCUT2D eigenvalue weighted by Crippen LogP contribution is -2.10. The van der Waals surface area contributed by atoms with Crippen molar-refractivity contribution in [3.63, 3.8) is 0 Å². The molecule has 0 aliphatic heterocycles. The molecule has 0 bridgehead atoms. The van der Waals surface area contributed by atoms with Gasteiger partial charge in [0, 0.05) is 25.0 Å². The van der Waals surface area contributed by atoms with Gasteiger partial charge in [-0.25, -0.2) is 0 Å². The monoisotopic (exact) mass is 271 g/mol. The predicted octanol–water partition coefficient (Wildman–Crippen LogP) is 2.99. The first-order chi connectivity index (χ1) is 9.72. The molecule has 0 aromatic carbocycles. The Morgan fingerprint density at radius 1 is 1.25 bits per heavy atom. The second kappa shape index (κ2) is 6.98. The van der Waals surface area contributed by atoms with Crippen LogP contribution in [-0.2, 0) is 17.6 Å². The molecule has 0 amide bonds. The number of Topliss-reactive ketones (excluding diaryl/α,β-unsaturated/α-hetero) is 1. The Hall–Kier alpha value is -1.97. The van der Waals surface area contributed by atoms with Gasteiger partial charge in [0.25, 0.3) is 0 Å². The zero-order chi connectivity index (χ0) is 14.4. The van der Waals surface area contributed by atoms with Crippen molar-refractivity contribution < 1.29 is 4.79 Å². The first kappa shape index (κ1) is 14.4. The summed E-state index contributed by atoms with van der Waals surface area (Å²) in [5.41, 5.74) is 1.81. The fourth-order valence-corrected chi connectivity index (χ4v) is 2.33. The zero-order valence-electron chi connectivity index (χ0n) is 12.1. The van der Waals surface area contributed by atoms with Gasteiger partial charge in [-0.2, -0.15) is 5.10 Å². The topological polar surface area (TPSA) is 47.8 Å². The lowest BCUT2D eigenvalue weighted by Gasteiger charge is -2.12. The molecule has 0 fully saturated rings. The molecular weight excluding hydrogens is 250 g/mol. The summed E-state index contributed by atoms with van der Waals surface area (Å²) in [4.78, 5) is 16.0. The molecule has 0 spiro atoms. The highest BCUT2D eigenvalue weighted by molar-refractivity contribution is 5.82. The van der Waals surface area contributed by atoms with E-state index in [9.17, 15) is 4.79 Å². The summed E-state index contributed by atoms with van der Waals surface area (Å²) in [6.07, 6.45) is 8.35. The quantitative estimate of drug-likeness (QED) is 0.777. The van der Waals surface area contributed by atoms with Gasteiger partial charge in [-0.05, 0) is 30.5 Å². The number of rotatable bonds is 7. The van der Waals surface area contributed by atoms with E-state index in [-0.39, 0.29) is 5.78 Å². The van der Waals surface area contributed by atoms with Crippen molar-refractivity contribution in [2.45, 2.75) is 45.6 Å². The molecule has 2 rings (SSSR count). The van der Waals surface area contributed by atoms with Gasteiger partial charge in [0.2, 0.25) is 0 Å². The molecule has 20 heavy (non-hydrogen) atoms. The maximum Gasteiger partial charge on any atom is 0.143 e. The summed E-state index contributed by atoms with van der Waals surface area (Å²) in [6.45, 7) is 4.31. The van der Waals surface area contributed by atoms with Crippen molar-refractivity contribution in [1.29, 1.82) is 0 Å². The fourth-order valence-electron chi connectivity index (χ4n) is 2.33. The molecule has 0 saturated heterocycles. The number of nitrogens with zero attached hydrogens (tertiary/aromatic N) is 3. The summed E-state index contributed by atoms with van der Waals surface area (Å²) in [6, 6.07) is 6.15. The van der Waals surface area contributed by atoms with Crippen molar-refractivity contribution in [2.24, 2.45) is 0 Å². The lowest BCUT2D eigenvalue weighted by atomic mass is 10.1. The van der Waals surface area contributed by atoms with Crippen LogP contribution in [0.5, 0.6) is 0 Å². The largest absolute Gasteiger partial charge is 0.299 e. The van der Waals surface area contributed by atoms with Crippen molar-refractivity contribution in [3.05, 3.63) is 48.0 Å². The Balaban J connectivity index is 1.95. The molecular formula is C16H21N3O. The smallest absolute Gasteiger partial charge is 0.143 e. The Morgan fingerprint density at radius 3 is 2.70 bits per heavy atom. The SMILES string of the molecule is CCC(CC)n1ccc(CC(=O)Cc2cccnc2)n1. The molecule has 0 N–H and O–H groups in total. The van der Waals surface area contributed by atoms with Crippen molar-refractivity contribution in [1.82, 2.24) is 14.8 Å².